The molecule has 2 heterocycles. The number of sulfone groups is 1. The zero-order valence-electron chi connectivity index (χ0n) is 10.4. The van der Waals surface area contributed by atoms with Gasteiger partial charge in [-0.3, -0.25) is 4.90 Å². The molecule has 2 aliphatic heterocycles. The Morgan fingerprint density at radius 1 is 1.53 bits per heavy atom. The molecule has 0 aromatic rings. The van der Waals surface area contributed by atoms with Gasteiger partial charge in [0.2, 0.25) is 0 Å². The van der Waals surface area contributed by atoms with Gasteiger partial charge in [0.1, 0.15) is 0 Å². The van der Waals surface area contributed by atoms with Crippen molar-refractivity contribution in [2.45, 2.75) is 31.3 Å². The van der Waals surface area contributed by atoms with Crippen LogP contribution in [0.5, 0.6) is 0 Å². The Bertz CT molecular complexity index is 371. The van der Waals surface area contributed by atoms with Gasteiger partial charge in [-0.05, 0) is 12.8 Å². The second-order valence-electron chi connectivity index (χ2n) is 5.10. The van der Waals surface area contributed by atoms with E-state index in [-0.39, 0.29) is 17.0 Å². The molecule has 2 aliphatic rings. The van der Waals surface area contributed by atoms with Gasteiger partial charge >= 0.3 is 0 Å². The van der Waals surface area contributed by atoms with Crippen molar-refractivity contribution in [2.75, 3.05) is 37.8 Å². The Hall–Kier alpha value is -0.170. The van der Waals surface area contributed by atoms with Crippen molar-refractivity contribution >= 4 is 9.84 Å². The van der Waals surface area contributed by atoms with Crippen molar-refractivity contribution < 1.29 is 13.2 Å². The molecule has 0 aliphatic carbocycles. The van der Waals surface area contributed by atoms with Crippen LogP contribution in [0.15, 0.2) is 0 Å². The van der Waals surface area contributed by atoms with E-state index < -0.39 is 9.84 Å². The van der Waals surface area contributed by atoms with Crippen LogP contribution in [-0.2, 0) is 14.6 Å². The summed E-state index contributed by atoms with van der Waals surface area (Å²) >= 11 is 0. The van der Waals surface area contributed by atoms with Crippen LogP contribution in [0.3, 0.4) is 0 Å². The predicted molar refractivity (Wildman–Crippen MR) is 66.7 cm³/mol. The Balaban J connectivity index is 2.22. The highest BCUT2D eigenvalue weighted by Gasteiger charge is 2.48. The number of nitrogens with two attached hydrogens (primary N) is 1. The van der Waals surface area contributed by atoms with E-state index in [4.69, 9.17) is 10.5 Å². The van der Waals surface area contributed by atoms with Crippen LogP contribution in [-0.4, -0.2) is 62.7 Å². The minimum absolute atomic E-state index is 0.215. The molecule has 2 rings (SSSR count). The monoisotopic (exact) mass is 262 g/mol. The van der Waals surface area contributed by atoms with Gasteiger partial charge in [-0.25, -0.2) is 8.42 Å². The molecular formula is C11H22N2O3S. The van der Waals surface area contributed by atoms with Crippen molar-refractivity contribution in [2.24, 2.45) is 5.73 Å². The lowest BCUT2D eigenvalue weighted by atomic mass is 9.93. The summed E-state index contributed by atoms with van der Waals surface area (Å²) in [6.07, 6.45) is 1.64. The maximum absolute atomic E-state index is 11.7. The predicted octanol–water partition coefficient (Wildman–Crippen LogP) is -0.387. The van der Waals surface area contributed by atoms with Gasteiger partial charge in [0, 0.05) is 24.7 Å². The standard InChI is InChI=1S/C11H22N2O3S/c1-2-10-7-16-5-4-13(10)11(8-12)3-6-17(14,15)9-11/h10H,2-9,12H2,1H3. The van der Waals surface area contributed by atoms with Crippen LogP contribution < -0.4 is 5.73 Å². The lowest BCUT2D eigenvalue weighted by molar-refractivity contribution is -0.0560. The number of morpholine rings is 1. The molecule has 5 nitrogen and oxygen atoms in total. The lowest BCUT2D eigenvalue weighted by Gasteiger charge is -2.46. The highest BCUT2D eigenvalue weighted by molar-refractivity contribution is 7.91. The normalized spacial score (nSPS) is 38.4. The minimum Gasteiger partial charge on any atom is -0.378 e. The van der Waals surface area contributed by atoms with Crippen LogP contribution in [0.4, 0.5) is 0 Å². The largest absolute Gasteiger partial charge is 0.378 e. The Morgan fingerprint density at radius 2 is 2.29 bits per heavy atom. The molecule has 0 bridgehead atoms. The Kier molecular flexibility index (Phi) is 3.77. The SMILES string of the molecule is CCC1COCCN1C1(CN)CCS(=O)(=O)C1. The summed E-state index contributed by atoms with van der Waals surface area (Å²) in [5.41, 5.74) is 5.55. The van der Waals surface area contributed by atoms with Gasteiger partial charge in [-0.15, -0.1) is 0 Å². The van der Waals surface area contributed by atoms with E-state index >= 15 is 0 Å². The Labute approximate surface area is 103 Å². The fourth-order valence-corrected chi connectivity index (χ4v) is 5.10. The third-order valence-corrected chi connectivity index (χ3v) is 5.86. The zero-order chi connectivity index (χ0) is 12.5. The van der Waals surface area contributed by atoms with E-state index in [1.165, 1.54) is 0 Å². The van der Waals surface area contributed by atoms with Crippen LogP contribution >= 0.6 is 0 Å². The van der Waals surface area contributed by atoms with E-state index in [0.29, 0.717) is 32.2 Å². The molecular weight excluding hydrogens is 240 g/mol. The molecule has 2 N–H and O–H groups in total. The summed E-state index contributed by atoms with van der Waals surface area (Å²) < 4.78 is 28.9. The van der Waals surface area contributed by atoms with Crippen molar-refractivity contribution in [3.05, 3.63) is 0 Å². The molecule has 0 amide bonds. The molecule has 2 unspecified atom stereocenters. The number of rotatable bonds is 3. The van der Waals surface area contributed by atoms with Crippen LogP contribution in [0.1, 0.15) is 19.8 Å². The zero-order valence-corrected chi connectivity index (χ0v) is 11.2. The fourth-order valence-electron chi connectivity index (χ4n) is 3.02. The van der Waals surface area contributed by atoms with E-state index in [0.717, 1.165) is 13.0 Å². The first-order valence-corrected chi connectivity index (χ1v) is 8.10. The summed E-state index contributed by atoms with van der Waals surface area (Å²) in [6, 6.07) is 0.306. The number of hydrogen-bond acceptors (Lipinski definition) is 5. The van der Waals surface area contributed by atoms with Gasteiger partial charge in [-0.1, -0.05) is 6.92 Å². The first-order valence-electron chi connectivity index (χ1n) is 6.28. The van der Waals surface area contributed by atoms with Gasteiger partial charge in [0.25, 0.3) is 0 Å². The third kappa shape index (κ3) is 2.50. The number of nitrogens with zero attached hydrogens (tertiary/aromatic N) is 1. The van der Waals surface area contributed by atoms with Crippen molar-refractivity contribution in [3.8, 4) is 0 Å². The quantitative estimate of drug-likeness (QED) is 0.750. The smallest absolute Gasteiger partial charge is 0.152 e. The van der Waals surface area contributed by atoms with Crippen LogP contribution in [0.2, 0.25) is 0 Å². The van der Waals surface area contributed by atoms with Gasteiger partial charge in [0.05, 0.1) is 24.7 Å². The number of hydrogen-bond donors (Lipinski definition) is 1. The summed E-state index contributed by atoms with van der Waals surface area (Å²) in [4.78, 5) is 2.29. The first-order chi connectivity index (χ1) is 8.03. The number of ether oxygens (including phenoxy) is 1. The van der Waals surface area contributed by atoms with E-state index in [1.54, 1.807) is 0 Å². The molecule has 2 atom stereocenters. The second kappa shape index (κ2) is 4.84. The van der Waals surface area contributed by atoms with E-state index in [2.05, 4.69) is 11.8 Å². The first kappa shape index (κ1) is 13.3. The molecule has 100 valence electrons. The lowest BCUT2D eigenvalue weighted by Crippen LogP contribution is -2.62. The summed E-state index contributed by atoms with van der Waals surface area (Å²) in [6.45, 7) is 4.70. The van der Waals surface area contributed by atoms with Crippen molar-refractivity contribution in [1.29, 1.82) is 0 Å². The fraction of sp³-hybridized carbons (Fsp3) is 1.00. The maximum Gasteiger partial charge on any atom is 0.152 e. The second-order valence-corrected chi connectivity index (χ2v) is 7.28. The maximum atomic E-state index is 11.7. The van der Waals surface area contributed by atoms with E-state index in [1.807, 2.05) is 0 Å². The van der Waals surface area contributed by atoms with Crippen LogP contribution in [0.25, 0.3) is 0 Å². The molecule has 17 heavy (non-hydrogen) atoms. The summed E-state index contributed by atoms with van der Waals surface area (Å²) in [5.74, 6) is 0.491. The van der Waals surface area contributed by atoms with Crippen molar-refractivity contribution in [3.63, 3.8) is 0 Å². The molecule has 2 saturated heterocycles. The summed E-state index contributed by atoms with van der Waals surface area (Å²) in [5, 5.41) is 0. The molecule has 0 aromatic heterocycles. The molecule has 0 spiro atoms. The molecule has 0 aromatic carbocycles. The average Bonchev–Trinajstić information content (AvgIpc) is 2.66. The molecule has 0 saturated carbocycles. The van der Waals surface area contributed by atoms with Gasteiger partial charge < -0.3 is 10.5 Å². The Morgan fingerprint density at radius 3 is 2.82 bits per heavy atom. The third-order valence-electron chi connectivity index (χ3n) is 4.06. The summed E-state index contributed by atoms with van der Waals surface area (Å²) in [7, 11) is -2.91. The topological polar surface area (TPSA) is 72.6 Å². The van der Waals surface area contributed by atoms with Crippen LogP contribution in [0, 0.1) is 0 Å². The molecule has 6 heteroatoms. The highest BCUT2D eigenvalue weighted by Crippen LogP contribution is 2.32. The van der Waals surface area contributed by atoms with Gasteiger partial charge in [0.15, 0.2) is 9.84 Å². The van der Waals surface area contributed by atoms with Gasteiger partial charge in [-0.2, -0.15) is 0 Å². The molecule has 2 fully saturated rings. The average molecular weight is 262 g/mol. The minimum atomic E-state index is -2.91. The van der Waals surface area contributed by atoms with E-state index in [9.17, 15) is 8.42 Å². The van der Waals surface area contributed by atoms with Crippen molar-refractivity contribution in [1.82, 2.24) is 4.90 Å². The highest BCUT2D eigenvalue weighted by atomic mass is 32.2. The molecule has 0 radical (unpaired) electrons.